The number of aromatic nitrogens is 2. The molecular formula is C10H8ClN3. The molecule has 1 aromatic heterocycles. The van der Waals surface area contributed by atoms with Gasteiger partial charge >= 0.3 is 0 Å². The molecular weight excluding hydrogens is 198 g/mol. The summed E-state index contributed by atoms with van der Waals surface area (Å²) in [4.78, 5) is 7.80. The van der Waals surface area contributed by atoms with E-state index >= 15 is 0 Å². The normalized spacial score (nSPS) is 10.1. The molecule has 0 atom stereocenters. The van der Waals surface area contributed by atoms with Crippen LogP contribution in [0.2, 0.25) is 5.28 Å². The molecule has 0 aliphatic rings. The van der Waals surface area contributed by atoms with Crippen molar-refractivity contribution >= 4 is 17.3 Å². The van der Waals surface area contributed by atoms with E-state index in [2.05, 4.69) is 9.97 Å². The molecule has 0 fully saturated rings. The van der Waals surface area contributed by atoms with E-state index in [1.54, 1.807) is 12.4 Å². The maximum absolute atomic E-state index is 5.66. The van der Waals surface area contributed by atoms with Gasteiger partial charge in [0.25, 0.3) is 0 Å². The standard InChI is InChI=1S/C10H8ClN3/c11-10-13-5-8(6-14-10)7-2-1-3-9(12)4-7/h1-6H,12H2. The second-order valence-corrected chi connectivity index (χ2v) is 3.20. The van der Waals surface area contributed by atoms with Crippen LogP contribution >= 0.6 is 11.6 Å². The Morgan fingerprint density at radius 2 is 1.79 bits per heavy atom. The van der Waals surface area contributed by atoms with Gasteiger partial charge in [0.2, 0.25) is 5.28 Å². The summed E-state index contributed by atoms with van der Waals surface area (Å²) in [5.74, 6) is 0. The summed E-state index contributed by atoms with van der Waals surface area (Å²) < 4.78 is 0. The number of nitrogens with zero attached hydrogens (tertiary/aromatic N) is 2. The first-order valence-electron chi connectivity index (χ1n) is 4.09. The van der Waals surface area contributed by atoms with Crippen molar-refractivity contribution in [3.8, 4) is 11.1 Å². The molecule has 1 aromatic carbocycles. The molecule has 1 heterocycles. The van der Waals surface area contributed by atoms with Crippen molar-refractivity contribution in [2.75, 3.05) is 5.73 Å². The Hall–Kier alpha value is -1.61. The number of nitrogens with two attached hydrogens (primary N) is 1. The zero-order chi connectivity index (χ0) is 9.97. The molecule has 0 bridgehead atoms. The molecule has 0 spiro atoms. The van der Waals surface area contributed by atoms with Crippen LogP contribution in [0.25, 0.3) is 11.1 Å². The van der Waals surface area contributed by atoms with Gasteiger partial charge in [-0.25, -0.2) is 9.97 Å². The van der Waals surface area contributed by atoms with Crippen LogP contribution < -0.4 is 5.73 Å². The van der Waals surface area contributed by atoms with E-state index in [-0.39, 0.29) is 5.28 Å². The van der Waals surface area contributed by atoms with Crippen LogP contribution in [0.15, 0.2) is 36.7 Å². The highest BCUT2D eigenvalue weighted by atomic mass is 35.5. The number of anilines is 1. The summed E-state index contributed by atoms with van der Waals surface area (Å²) in [7, 11) is 0. The Morgan fingerprint density at radius 1 is 1.07 bits per heavy atom. The van der Waals surface area contributed by atoms with Crippen molar-refractivity contribution in [2.45, 2.75) is 0 Å². The fourth-order valence-corrected chi connectivity index (χ4v) is 1.28. The molecule has 2 aromatic rings. The SMILES string of the molecule is Nc1cccc(-c2cnc(Cl)nc2)c1. The fraction of sp³-hybridized carbons (Fsp3) is 0. The van der Waals surface area contributed by atoms with Crippen LogP contribution in [0.5, 0.6) is 0 Å². The minimum atomic E-state index is 0.248. The third-order valence-corrected chi connectivity index (χ3v) is 2.04. The number of hydrogen-bond donors (Lipinski definition) is 1. The van der Waals surface area contributed by atoms with Crippen LogP contribution in [0, 0.1) is 0 Å². The van der Waals surface area contributed by atoms with Gasteiger partial charge in [0.15, 0.2) is 0 Å². The van der Waals surface area contributed by atoms with E-state index in [0.717, 1.165) is 16.8 Å². The van der Waals surface area contributed by atoms with E-state index in [4.69, 9.17) is 17.3 Å². The van der Waals surface area contributed by atoms with Crippen LogP contribution in [0.3, 0.4) is 0 Å². The molecule has 0 amide bonds. The lowest BCUT2D eigenvalue weighted by atomic mass is 10.1. The van der Waals surface area contributed by atoms with Crippen molar-refractivity contribution in [1.82, 2.24) is 9.97 Å². The monoisotopic (exact) mass is 205 g/mol. The maximum Gasteiger partial charge on any atom is 0.222 e. The lowest BCUT2D eigenvalue weighted by Gasteiger charge is -2.01. The third kappa shape index (κ3) is 1.83. The zero-order valence-electron chi connectivity index (χ0n) is 7.31. The molecule has 0 saturated carbocycles. The Bertz CT molecular complexity index is 439. The Morgan fingerprint density at radius 3 is 2.43 bits per heavy atom. The second-order valence-electron chi connectivity index (χ2n) is 2.87. The Kier molecular flexibility index (Phi) is 2.33. The highest BCUT2D eigenvalue weighted by molar-refractivity contribution is 6.28. The predicted octanol–water partition coefficient (Wildman–Crippen LogP) is 2.38. The topological polar surface area (TPSA) is 51.8 Å². The van der Waals surface area contributed by atoms with E-state index in [0.29, 0.717) is 0 Å². The summed E-state index contributed by atoms with van der Waals surface area (Å²) in [6, 6.07) is 7.54. The molecule has 0 aliphatic carbocycles. The summed E-state index contributed by atoms with van der Waals surface area (Å²) in [6.45, 7) is 0. The first kappa shape index (κ1) is 8.97. The molecule has 0 radical (unpaired) electrons. The number of nitrogen functional groups attached to an aromatic ring is 1. The van der Waals surface area contributed by atoms with Gasteiger partial charge in [-0.3, -0.25) is 0 Å². The molecule has 4 heteroatoms. The van der Waals surface area contributed by atoms with Gasteiger partial charge in [0.05, 0.1) is 0 Å². The van der Waals surface area contributed by atoms with Gasteiger partial charge < -0.3 is 5.73 Å². The fourth-order valence-electron chi connectivity index (χ4n) is 1.18. The lowest BCUT2D eigenvalue weighted by molar-refractivity contribution is 1.17. The molecule has 2 N–H and O–H groups in total. The average molecular weight is 206 g/mol. The minimum Gasteiger partial charge on any atom is -0.399 e. The van der Waals surface area contributed by atoms with Crippen molar-refractivity contribution in [3.05, 3.63) is 41.9 Å². The van der Waals surface area contributed by atoms with Crippen molar-refractivity contribution in [3.63, 3.8) is 0 Å². The van der Waals surface area contributed by atoms with E-state index in [1.807, 2.05) is 24.3 Å². The van der Waals surface area contributed by atoms with Crippen LogP contribution in [-0.4, -0.2) is 9.97 Å². The molecule has 0 saturated heterocycles. The van der Waals surface area contributed by atoms with Crippen molar-refractivity contribution < 1.29 is 0 Å². The number of rotatable bonds is 1. The van der Waals surface area contributed by atoms with Gasteiger partial charge in [-0.2, -0.15) is 0 Å². The van der Waals surface area contributed by atoms with Gasteiger partial charge in [-0.05, 0) is 29.3 Å². The summed E-state index contributed by atoms with van der Waals surface area (Å²) in [5.41, 5.74) is 8.27. The first-order valence-corrected chi connectivity index (χ1v) is 4.47. The molecule has 70 valence electrons. The Balaban J connectivity index is 2.44. The molecule has 3 nitrogen and oxygen atoms in total. The minimum absolute atomic E-state index is 0.248. The summed E-state index contributed by atoms with van der Waals surface area (Å²) >= 11 is 5.58. The van der Waals surface area contributed by atoms with Gasteiger partial charge in [0, 0.05) is 23.6 Å². The van der Waals surface area contributed by atoms with E-state index in [1.165, 1.54) is 0 Å². The van der Waals surface area contributed by atoms with Crippen LogP contribution in [0.4, 0.5) is 5.69 Å². The average Bonchev–Trinajstić information content (AvgIpc) is 2.19. The summed E-state index contributed by atoms with van der Waals surface area (Å²) in [5, 5.41) is 0.248. The smallest absolute Gasteiger partial charge is 0.222 e. The van der Waals surface area contributed by atoms with Gasteiger partial charge in [0.1, 0.15) is 0 Å². The van der Waals surface area contributed by atoms with Crippen LogP contribution in [0.1, 0.15) is 0 Å². The van der Waals surface area contributed by atoms with Gasteiger partial charge in [-0.1, -0.05) is 12.1 Å². The van der Waals surface area contributed by atoms with E-state index in [9.17, 15) is 0 Å². The highest BCUT2D eigenvalue weighted by Gasteiger charge is 1.98. The number of benzene rings is 1. The van der Waals surface area contributed by atoms with Crippen molar-refractivity contribution in [1.29, 1.82) is 0 Å². The number of hydrogen-bond acceptors (Lipinski definition) is 3. The van der Waals surface area contributed by atoms with E-state index < -0.39 is 0 Å². The molecule has 2 rings (SSSR count). The lowest BCUT2D eigenvalue weighted by Crippen LogP contribution is -1.87. The highest BCUT2D eigenvalue weighted by Crippen LogP contribution is 2.20. The Labute approximate surface area is 86.6 Å². The van der Waals surface area contributed by atoms with Crippen LogP contribution in [-0.2, 0) is 0 Å². The predicted molar refractivity (Wildman–Crippen MR) is 56.9 cm³/mol. The zero-order valence-corrected chi connectivity index (χ0v) is 8.07. The maximum atomic E-state index is 5.66. The number of halogens is 1. The molecule has 14 heavy (non-hydrogen) atoms. The first-order chi connectivity index (χ1) is 6.75. The largest absolute Gasteiger partial charge is 0.399 e. The second kappa shape index (κ2) is 3.64. The van der Waals surface area contributed by atoms with Crippen molar-refractivity contribution in [2.24, 2.45) is 0 Å². The summed E-state index contributed by atoms with van der Waals surface area (Å²) in [6.07, 6.45) is 3.34. The molecule has 0 aliphatic heterocycles. The molecule has 0 unspecified atom stereocenters. The van der Waals surface area contributed by atoms with Gasteiger partial charge in [-0.15, -0.1) is 0 Å². The quantitative estimate of drug-likeness (QED) is 0.575. The third-order valence-electron chi connectivity index (χ3n) is 1.84.